The molecule has 0 N–H and O–H groups in total. The second-order valence-corrected chi connectivity index (χ2v) is 6.33. The number of rotatable bonds is 1. The fourth-order valence-electron chi connectivity index (χ4n) is 1.53. The molecule has 0 heterocycles. The highest BCUT2D eigenvalue weighted by Crippen LogP contribution is 2.39. The first-order valence-electron chi connectivity index (χ1n) is 5.45. The molecule has 94 valence electrons. The van der Waals surface area contributed by atoms with Crippen LogP contribution in [0.3, 0.4) is 0 Å². The van der Waals surface area contributed by atoms with Gasteiger partial charge >= 0.3 is 0 Å². The summed E-state index contributed by atoms with van der Waals surface area (Å²) < 4.78 is 0. The quantitative estimate of drug-likeness (QED) is 0.563. The van der Waals surface area contributed by atoms with E-state index in [4.69, 9.17) is 0 Å². The molecule has 0 spiro atoms. The lowest BCUT2D eigenvalue weighted by atomic mass is 9.65. The predicted molar refractivity (Wildman–Crippen MR) is 74.5 cm³/mol. The summed E-state index contributed by atoms with van der Waals surface area (Å²) in [5, 5.41) is 0. The zero-order valence-electron chi connectivity index (χ0n) is 10.5. The van der Waals surface area contributed by atoms with Gasteiger partial charge in [0.1, 0.15) is 11.6 Å². The Kier molecular flexibility index (Phi) is 6.12. The SMILES string of the molecule is CC1(C)CC(=O)C(C)(C)C(=O)C1.SCCS. The molecule has 0 aromatic rings. The van der Waals surface area contributed by atoms with Crippen molar-refractivity contribution < 1.29 is 9.59 Å². The van der Waals surface area contributed by atoms with Crippen LogP contribution in [0.15, 0.2) is 0 Å². The van der Waals surface area contributed by atoms with Gasteiger partial charge in [0, 0.05) is 12.8 Å². The van der Waals surface area contributed by atoms with Gasteiger partial charge in [-0.05, 0) is 30.8 Å². The molecule has 1 aliphatic rings. The Balaban J connectivity index is 0.000000487. The van der Waals surface area contributed by atoms with Crippen LogP contribution < -0.4 is 0 Å². The van der Waals surface area contributed by atoms with Crippen molar-refractivity contribution in [1.82, 2.24) is 0 Å². The van der Waals surface area contributed by atoms with E-state index >= 15 is 0 Å². The molecule has 0 aliphatic heterocycles. The van der Waals surface area contributed by atoms with E-state index < -0.39 is 5.41 Å². The highest BCUT2D eigenvalue weighted by Gasteiger charge is 2.44. The van der Waals surface area contributed by atoms with Crippen molar-refractivity contribution >= 4 is 36.8 Å². The average molecular weight is 262 g/mol. The topological polar surface area (TPSA) is 34.1 Å². The summed E-state index contributed by atoms with van der Waals surface area (Å²) in [6.07, 6.45) is 1.07. The third kappa shape index (κ3) is 4.50. The van der Waals surface area contributed by atoms with Gasteiger partial charge in [-0.3, -0.25) is 9.59 Å². The van der Waals surface area contributed by atoms with Gasteiger partial charge in [0.15, 0.2) is 0 Å². The van der Waals surface area contributed by atoms with Gasteiger partial charge in [-0.1, -0.05) is 13.8 Å². The Hall–Kier alpha value is 0.0400. The minimum Gasteiger partial charge on any atom is -0.299 e. The van der Waals surface area contributed by atoms with Crippen LogP contribution in [0.25, 0.3) is 0 Å². The van der Waals surface area contributed by atoms with Crippen molar-refractivity contribution in [2.75, 3.05) is 11.5 Å². The molecule has 0 unspecified atom stereocenters. The van der Waals surface area contributed by atoms with E-state index in [0.717, 1.165) is 11.5 Å². The molecule has 0 aromatic carbocycles. The zero-order chi connectivity index (χ0) is 13.0. The molecule has 1 fully saturated rings. The molecule has 4 heteroatoms. The lowest BCUT2D eigenvalue weighted by Gasteiger charge is -2.36. The van der Waals surface area contributed by atoms with Crippen LogP contribution in [0.1, 0.15) is 40.5 Å². The van der Waals surface area contributed by atoms with Crippen molar-refractivity contribution in [2.24, 2.45) is 10.8 Å². The Morgan fingerprint density at radius 1 is 0.938 bits per heavy atom. The van der Waals surface area contributed by atoms with Crippen LogP contribution in [0, 0.1) is 10.8 Å². The Morgan fingerprint density at radius 3 is 1.50 bits per heavy atom. The highest BCUT2D eigenvalue weighted by molar-refractivity contribution is 7.84. The van der Waals surface area contributed by atoms with Gasteiger partial charge in [0.25, 0.3) is 0 Å². The second-order valence-electron chi connectivity index (χ2n) is 5.44. The number of thiol groups is 2. The molecule has 0 atom stereocenters. The lowest BCUT2D eigenvalue weighted by Crippen LogP contribution is -2.43. The Labute approximate surface area is 109 Å². The standard InChI is InChI=1S/C10H16O2.C2H6S2/c1-9(2)5-7(11)10(3,4)8(12)6-9;3-1-2-4/h5-6H2,1-4H3;3-4H,1-2H2. The number of carbonyl (C=O) groups is 2. The number of carbonyl (C=O) groups excluding carboxylic acids is 2. The van der Waals surface area contributed by atoms with Crippen molar-refractivity contribution in [3.8, 4) is 0 Å². The monoisotopic (exact) mass is 262 g/mol. The Morgan fingerprint density at radius 2 is 1.25 bits per heavy atom. The van der Waals surface area contributed by atoms with E-state index in [0.29, 0.717) is 12.8 Å². The summed E-state index contributed by atoms with van der Waals surface area (Å²) in [4.78, 5) is 23.0. The first kappa shape index (κ1) is 16.0. The van der Waals surface area contributed by atoms with Gasteiger partial charge in [0.05, 0.1) is 5.41 Å². The normalized spacial score (nSPS) is 22.4. The number of hydrogen-bond donors (Lipinski definition) is 2. The zero-order valence-corrected chi connectivity index (χ0v) is 12.3. The summed E-state index contributed by atoms with van der Waals surface area (Å²) in [7, 11) is 0. The fraction of sp³-hybridized carbons (Fsp3) is 0.833. The fourth-order valence-corrected chi connectivity index (χ4v) is 1.53. The summed E-state index contributed by atoms with van der Waals surface area (Å²) >= 11 is 7.69. The van der Waals surface area contributed by atoms with E-state index in [-0.39, 0.29) is 17.0 Å². The first-order valence-corrected chi connectivity index (χ1v) is 6.72. The van der Waals surface area contributed by atoms with Crippen LogP contribution in [-0.2, 0) is 9.59 Å². The number of ketones is 2. The molecule has 1 aliphatic carbocycles. The minimum atomic E-state index is -0.727. The lowest BCUT2D eigenvalue weighted by molar-refractivity contribution is -0.145. The molecular formula is C12H22O2S2. The summed E-state index contributed by atoms with van der Waals surface area (Å²) in [5.41, 5.74) is -0.848. The van der Waals surface area contributed by atoms with Crippen LogP contribution in [0.2, 0.25) is 0 Å². The van der Waals surface area contributed by atoms with Crippen molar-refractivity contribution in [2.45, 2.75) is 40.5 Å². The van der Waals surface area contributed by atoms with E-state index in [1.165, 1.54) is 0 Å². The van der Waals surface area contributed by atoms with Crippen LogP contribution in [0.4, 0.5) is 0 Å². The van der Waals surface area contributed by atoms with Gasteiger partial charge in [0.2, 0.25) is 0 Å². The number of Topliss-reactive ketones (excluding diaryl/α,β-unsaturated/α-hetero) is 2. The summed E-state index contributed by atoms with van der Waals surface area (Å²) in [5.74, 6) is 1.93. The third-order valence-corrected chi connectivity index (χ3v) is 3.57. The van der Waals surface area contributed by atoms with Gasteiger partial charge in [-0.25, -0.2) is 0 Å². The van der Waals surface area contributed by atoms with Gasteiger partial charge in [-0.2, -0.15) is 25.3 Å². The van der Waals surface area contributed by atoms with Gasteiger partial charge < -0.3 is 0 Å². The second kappa shape index (κ2) is 6.10. The van der Waals surface area contributed by atoms with E-state index in [1.54, 1.807) is 13.8 Å². The van der Waals surface area contributed by atoms with Crippen molar-refractivity contribution in [1.29, 1.82) is 0 Å². The molecule has 0 amide bonds. The molecular weight excluding hydrogens is 240 g/mol. The maximum absolute atomic E-state index is 11.5. The summed E-state index contributed by atoms with van der Waals surface area (Å²) in [6, 6.07) is 0. The molecule has 0 saturated heterocycles. The van der Waals surface area contributed by atoms with Crippen molar-refractivity contribution in [3.05, 3.63) is 0 Å². The molecule has 0 bridgehead atoms. The molecule has 16 heavy (non-hydrogen) atoms. The van der Waals surface area contributed by atoms with Crippen LogP contribution >= 0.6 is 25.3 Å². The largest absolute Gasteiger partial charge is 0.299 e. The van der Waals surface area contributed by atoms with Crippen LogP contribution in [0.5, 0.6) is 0 Å². The maximum Gasteiger partial charge on any atom is 0.146 e. The molecule has 0 aromatic heterocycles. The van der Waals surface area contributed by atoms with Crippen LogP contribution in [-0.4, -0.2) is 23.1 Å². The van der Waals surface area contributed by atoms with Crippen molar-refractivity contribution in [3.63, 3.8) is 0 Å². The Bertz CT molecular complexity index is 246. The first-order chi connectivity index (χ1) is 7.17. The smallest absolute Gasteiger partial charge is 0.146 e. The minimum absolute atomic E-state index is 0.0868. The average Bonchev–Trinajstić information content (AvgIpc) is 2.14. The molecule has 1 rings (SSSR count). The number of hydrogen-bond acceptors (Lipinski definition) is 4. The van der Waals surface area contributed by atoms with Gasteiger partial charge in [-0.15, -0.1) is 0 Å². The molecule has 2 nitrogen and oxygen atoms in total. The summed E-state index contributed by atoms with van der Waals surface area (Å²) in [6.45, 7) is 7.40. The molecule has 1 saturated carbocycles. The predicted octanol–water partition coefficient (Wildman–Crippen LogP) is 2.82. The third-order valence-electron chi connectivity index (χ3n) is 2.77. The van der Waals surface area contributed by atoms with E-state index in [9.17, 15) is 9.59 Å². The van der Waals surface area contributed by atoms with E-state index in [2.05, 4.69) is 25.3 Å². The highest BCUT2D eigenvalue weighted by atomic mass is 32.1. The van der Waals surface area contributed by atoms with E-state index in [1.807, 2.05) is 13.8 Å². The molecule has 0 radical (unpaired) electrons. The maximum atomic E-state index is 11.5.